The number of carbonyl (C=O) groups is 2. The molecular weight excluding hydrogens is 349 g/mol. The number of rotatable bonds is 6. The summed E-state index contributed by atoms with van der Waals surface area (Å²) in [5.74, 6) is -2.68. The fourth-order valence-corrected chi connectivity index (χ4v) is 1.77. The lowest BCUT2D eigenvalue weighted by molar-refractivity contribution is -0.384. The zero-order valence-corrected chi connectivity index (χ0v) is 13.0. The van der Waals surface area contributed by atoms with Gasteiger partial charge in [0.25, 0.3) is 11.6 Å². The van der Waals surface area contributed by atoms with Gasteiger partial charge in [-0.15, -0.1) is 0 Å². The summed E-state index contributed by atoms with van der Waals surface area (Å²) in [6.45, 7) is -0.821. The van der Waals surface area contributed by atoms with Crippen LogP contribution in [0.4, 0.5) is 15.8 Å². The summed E-state index contributed by atoms with van der Waals surface area (Å²) in [4.78, 5) is 33.4. The summed E-state index contributed by atoms with van der Waals surface area (Å²) in [7, 11) is 0. The van der Waals surface area contributed by atoms with Gasteiger partial charge >= 0.3 is 5.97 Å². The number of anilines is 1. The molecule has 0 spiro atoms. The van der Waals surface area contributed by atoms with Crippen LogP contribution in [0, 0.1) is 27.3 Å². The second-order valence-electron chi connectivity index (χ2n) is 4.73. The third-order valence-corrected chi connectivity index (χ3v) is 2.94. The van der Waals surface area contributed by atoms with Crippen LogP contribution in [-0.2, 0) is 14.3 Å². The first-order valence-electron chi connectivity index (χ1n) is 6.97. The molecule has 1 aromatic heterocycles. The van der Waals surface area contributed by atoms with Crippen LogP contribution in [0.3, 0.4) is 0 Å². The fourth-order valence-electron chi connectivity index (χ4n) is 1.77. The van der Waals surface area contributed by atoms with Crippen molar-refractivity contribution in [1.29, 1.82) is 5.26 Å². The summed E-state index contributed by atoms with van der Waals surface area (Å²) in [5.41, 5.74) is -1.27. The van der Waals surface area contributed by atoms with Crippen LogP contribution < -0.4 is 5.32 Å². The molecule has 1 heterocycles. The molecule has 132 valence electrons. The zero-order chi connectivity index (χ0) is 19.1. The van der Waals surface area contributed by atoms with Crippen LogP contribution >= 0.6 is 0 Å². The van der Waals surface area contributed by atoms with Crippen molar-refractivity contribution in [3.63, 3.8) is 0 Å². The number of nitro groups is 1. The fraction of sp³-hybridized carbons (Fsp3) is 0.0625. The zero-order valence-electron chi connectivity index (χ0n) is 13.0. The molecule has 0 aliphatic carbocycles. The second kappa shape index (κ2) is 8.20. The van der Waals surface area contributed by atoms with Gasteiger partial charge in [-0.3, -0.25) is 14.9 Å². The van der Waals surface area contributed by atoms with Crippen LogP contribution in [0.25, 0.3) is 6.08 Å². The van der Waals surface area contributed by atoms with Crippen molar-refractivity contribution in [2.75, 3.05) is 11.9 Å². The highest BCUT2D eigenvalue weighted by atomic mass is 19.1. The Kier molecular flexibility index (Phi) is 5.79. The smallest absolute Gasteiger partial charge is 0.349 e. The van der Waals surface area contributed by atoms with E-state index in [-0.39, 0.29) is 5.76 Å². The number of amides is 1. The standard InChI is InChI=1S/C16H10FN3O6/c17-13-4-3-11(20(23)24)7-14(13)19-15(21)9-26-16(22)10(8-18)6-12-2-1-5-25-12/h1-7H,9H2,(H,19,21)/b10-6+. The SMILES string of the molecule is N#C/C(=C\c1ccco1)C(=O)OCC(=O)Nc1cc([N+](=O)[O-])ccc1F. The van der Waals surface area contributed by atoms with E-state index in [0.717, 1.165) is 24.3 Å². The van der Waals surface area contributed by atoms with E-state index in [9.17, 15) is 24.1 Å². The van der Waals surface area contributed by atoms with Gasteiger partial charge < -0.3 is 14.5 Å². The average Bonchev–Trinajstić information content (AvgIpc) is 3.12. The van der Waals surface area contributed by atoms with Gasteiger partial charge in [-0.05, 0) is 18.2 Å². The minimum absolute atomic E-state index is 0.238. The summed E-state index contributed by atoms with van der Waals surface area (Å²) in [6.07, 6.45) is 2.47. The lowest BCUT2D eigenvalue weighted by atomic mass is 10.2. The van der Waals surface area contributed by atoms with Crippen molar-refractivity contribution in [1.82, 2.24) is 0 Å². The Morgan fingerprint density at radius 2 is 2.19 bits per heavy atom. The molecule has 0 atom stereocenters. The first-order valence-corrected chi connectivity index (χ1v) is 6.97. The topological polar surface area (TPSA) is 135 Å². The molecule has 1 amide bonds. The van der Waals surface area contributed by atoms with Crippen LogP contribution in [0.2, 0.25) is 0 Å². The van der Waals surface area contributed by atoms with Crippen molar-refractivity contribution in [2.45, 2.75) is 0 Å². The number of nitrogens with one attached hydrogen (secondary N) is 1. The highest BCUT2D eigenvalue weighted by molar-refractivity contribution is 5.99. The summed E-state index contributed by atoms with van der Waals surface area (Å²) >= 11 is 0. The average molecular weight is 359 g/mol. The predicted octanol–water partition coefficient (Wildman–Crippen LogP) is 2.42. The number of ether oxygens (including phenoxy) is 1. The summed E-state index contributed by atoms with van der Waals surface area (Å²) in [5, 5.41) is 21.6. The highest BCUT2D eigenvalue weighted by Crippen LogP contribution is 2.21. The predicted molar refractivity (Wildman–Crippen MR) is 84.9 cm³/mol. The molecule has 26 heavy (non-hydrogen) atoms. The van der Waals surface area contributed by atoms with Gasteiger partial charge in [0.1, 0.15) is 23.2 Å². The molecule has 2 aromatic rings. The molecule has 0 saturated carbocycles. The maximum atomic E-state index is 13.6. The van der Waals surface area contributed by atoms with Crippen molar-refractivity contribution in [3.8, 4) is 6.07 Å². The lowest BCUT2D eigenvalue weighted by Gasteiger charge is -2.07. The maximum Gasteiger partial charge on any atom is 0.349 e. The van der Waals surface area contributed by atoms with Crippen molar-refractivity contribution in [3.05, 3.63) is 63.9 Å². The minimum Gasteiger partial charge on any atom is -0.465 e. The third-order valence-electron chi connectivity index (χ3n) is 2.94. The number of esters is 1. The number of nitrogens with zero attached hydrogens (tertiary/aromatic N) is 2. The van der Waals surface area contributed by atoms with Crippen LogP contribution in [0.1, 0.15) is 5.76 Å². The van der Waals surface area contributed by atoms with Gasteiger partial charge in [0.15, 0.2) is 6.61 Å². The normalized spacial score (nSPS) is 10.7. The summed E-state index contributed by atoms with van der Waals surface area (Å²) in [6, 6.07) is 7.23. The van der Waals surface area contributed by atoms with Crippen LogP contribution in [-0.4, -0.2) is 23.4 Å². The molecule has 1 aromatic carbocycles. The van der Waals surface area contributed by atoms with Crippen LogP contribution in [0.15, 0.2) is 46.6 Å². The van der Waals surface area contributed by atoms with Gasteiger partial charge in [-0.1, -0.05) is 0 Å². The molecule has 0 saturated heterocycles. The first kappa shape index (κ1) is 18.3. The molecule has 9 nitrogen and oxygen atoms in total. The number of nitriles is 1. The lowest BCUT2D eigenvalue weighted by Crippen LogP contribution is -2.22. The van der Waals surface area contributed by atoms with Crippen molar-refractivity contribution in [2.24, 2.45) is 0 Å². The van der Waals surface area contributed by atoms with Gasteiger partial charge in [0, 0.05) is 18.2 Å². The molecule has 0 fully saturated rings. The molecule has 0 bridgehead atoms. The second-order valence-corrected chi connectivity index (χ2v) is 4.73. The van der Waals surface area contributed by atoms with E-state index >= 15 is 0 Å². The number of hydrogen-bond acceptors (Lipinski definition) is 7. The van der Waals surface area contributed by atoms with E-state index in [1.165, 1.54) is 12.3 Å². The number of carbonyl (C=O) groups excluding carboxylic acids is 2. The van der Waals surface area contributed by atoms with Crippen molar-refractivity contribution >= 4 is 29.3 Å². The number of benzene rings is 1. The molecule has 0 aliphatic heterocycles. The number of halogens is 1. The molecule has 0 radical (unpaired) electrons. The highest BCUT2D eigenvalue weighted by Gasteiger charge is 2.16. The van der Waals surface area contributed by atoms with E-state index in [1.807, 2.05) is 5.32 Å². The number of non-ortho nitro benzene ring substituents is 1. The first-order chi connectivity index (χ1) is 12.4. The maximum absolute atomic E-state index is 13.6. The Morgan fingerprint density at radius 1 is 1.42 bits per heavy atom. The van der Waals surface area contributed by atoms with E-state index in [4.69, 9.17) is 9.68 Å². The Labute approximate surface area is 145 Å². The van der Waals surface area contributed by atoms with Gasteiger partial charge in [0.2, 0.25) is 0 Å². The third kappa shape index (κ3) is 4.75. The molecule has 0 aliphatic rings. The minimum atomic E-state index is -1.08. The monoisotopic (exact) mass is 359 g/mol. The van der Waals surface area contributed by atoms with Gasteiger partial charge in [0.05, 0.1) is 16.9 Å². The van der Waals surface area contributed by atoms with E-state index in [1.54, 1.807) is 12.1 Å². The molecule has 10 heteroatoms. The van der Waals surface area contributed by atoms with Gasteiger partial charge in [-0.25, -0.2) is 9.18 Å². The number of hydrogen-bond donors (Lipinski definition) is 1. The largest absolute Gasteiger partial charge is 0.465 e. The summed E-state index contributed by atoms with van der Waals surface area (Å²) < 4.78 is 23.2. The number of nitro benzene ring substituents is 1. The van der Waals surface area contributed by atoms with Crippen LogP contribution in [0.5, 0.6) is 0 Å². The van der Waals surface area contributed by atoms with E-state index < -0.39 is 46.2 Å². The number of furan rings is 1. The Bertz CT molecular complexity index is 915. The quantitative estimate of drug-likeness (QED) is 0.275. The molecular formula is C16H10FN3O6. The molecule has 2 rings (SSSR count). The molecule has 1 N–H and O–H groups in total. The van der Waals surface area contributed by atoms with E-state index in [0.29, 0.717) is 0 Å². The molecule has 0 unspecified atom stereocenters. The Hall–Kier alpha value is -4.00. The Morgan fingerprint density at radius 3 is 2.81 bits per heavy atom. The van der Waals surface area contributed by atoms with E-state index in [2.05, 4.69) is 4.74 Å². The van der Waals surface area contributed by atoms with Gasteiger partial charge in [-0.2, -0.15) is 5.26 Å². The Balaban J connectivity index is 1.98. The van der Waals surface area contributed by atoms with Crippen molar-refractivity contribution < 1.29 is 28.1 Å².